The largest absolute Gasteiger partial charge is 0.507 e. The Bertz CT molecular complexity index is 735. The molecular weight excluding hydrogens is 268 g/mol. The summed E-state index contributed by atoms with van der Waals surface area (Å²) in [7, 11) is 1.60. The number of carbonyl (C=O) groups is 1. The van der Waals surface area contributed by atoms with Crippen molar-refractivity contribution in [2.45, 2.75) is 31.6 Å². The van der Waals surface area contributed by atoms with Crippen LogP contribution in [-0.2, 0) is 16.6 Å². The molecule has 0 radical (unpaired) electrons. The highest BCUT2D eigenvalue weighted by Crippen LogP contribution is 2.44. The second-order valence-electron chi connectivity index (χ2n) is 5.82. The molecule has 2 aromatic rings. The van der Waals surface area contributed by atoms with Gasteiger partial charge in [-0.1, -0.05) is 0 Å². The SMILES string of the molecule is COc1ccc2c(O)cc3c(c2c1)CCCC3(C)C(=O)O. The minimum Gasteiger partial charge on any atom is -0.507 e. The second kappa shape index (κ2) is 4.65. The number of aromatic hydroxyl groups is 1. The number of methoxy groups -OCH3 is 1. The highest BCUT2D eigenvalue weighted by Gasteiger charge is 2.40. The van der Waals surface area contributed by atoms with Crippen LogP contribution in [0.3, 0.4) is 0 Å². The van der Waals surface area contributed by atoms with E-state index in [0.29, 0.717) is 12.2 Å². The van der Waals surface area contributed by atoms with Crippen LogP contribution in [0, 0.1) is 0 Å². The number of phenolic OH excluding ortho intramolecular Hbond substituents is 1. The van der Waals surface area contributed by atoms with E-state index in [9.17, 15) is 15.0 Å². The first-order valence-corrected chi connectivity index (χ1v) is 7.04. The van der Waals surface area contributed by atoms with Gasteiger partial charge in [0.25, 0.3) is 0 Å². The number of aryl methyl sites for hydroxylation is 1. The third kappa shape index (κ3) is 1.94. The van der Waals surface area contributed by atoms with E-state index in [1.54, 1.807) is 26.2 Å². The maximum atomic E-state index is 11.7. The fourth-order valence-corrected chi connectivity index (χ4v) is 3.31. The highest BCUT2D eigenvalue weighted by molar-refractivity contribution is 5.95. The molecule has 21 heavy (non-hydrogen) atoms. The summed E-state index contributed by atoms with van der Waals surface area (Å²) in [5.41, 5.74) is 0.792. The molecule has 4 heteroatoms. The van der Waals surface area contributed by atoms with E-state index < -0.39 is 11.4 Å². The molecule has 0 fully saturated rings. The Morgan fingerprint density at radius 3 is 2.71 bits per heavy atom. The molecule has 0 amide bonds. The van der Waals surface area contributed by atoms with Gasteiger partial charge < -0.3 is 14.9 Å². The normalized spacial score (nSPS) is 21.0. The first kappa shape index (κ1) is 13.7. The molecule has 1 aliphatic carbocycles. The van der Waals surface area contributed by atoms with Crippen LogP contribution in [0.15, 0.2) is 24.3 Å². The quantitative estimate of drug-likeness (QED) is 0.889. The van der Waals surface area contributed by atoms with Gasteiger partial charge in [-0.25, -0.2) is 0 Å². The van der Waals surface area contributed by atoms with Crippen molar-refractivity contribution in [3.05, 3.63) is 35.4 Å². The Morgan fingerprint density at radius 2 is 2.05 bits per heavy atom. The van der Waals surface area contributed by atoms with Crippen molar-refractivity contribution < 1.29 is 19.7 Å². The average molecular weight is 286 g/mol. The number of carboxylic acids is 1. The Kier molecular flexibility index (Phi) is 3.04. The number of phenols is 1. The van der Waals surface area contributed by atoms with Crippen molar-refractivity contribution in [1.29, 1.82) is 0 Å². The topological polar surface area (TPSA) is 66.8 Å². The lowest BCUT2D eigenvalue weighted by Gasteiger charge is -2.33. The van der Waals surface area contributed by atoms with E-state index in [-0.39, 0.29) is 5.75 Å². The molecule has 1 atom stereocenters. The summed E-state index contributed by atoms with van der Waals surface area (Å²) in [4.78, 5) is 11.7. The zero-order valence-electron chi connectivity index (χ0n) is 12.1. The second-order valence-corrected chi connectivity index (χ2v) is 5.82. The molecule has 0 saturated carbocycles. The Balaban J connectivity index is 2.36. The van der Waals surface area contributed by atoms with Gasteiger partial charge in [0.15, 0.2) is 0 Å². The first-order valence-electron chi connectivity index (χ1n) is 7.04. The van der Waals surface area contributed by atoms with Crippen LogP contribution < -0.4 is 4.74 Å². The summed E-state index contributed by atoms with van der Waals surface area (Å²) in [6.07, 6.45) is 2.24. The summed E-state index contributed by atoms with van der Waals surface area (Å²) in [6.45, 7) is 1.73. The van der Waals surface area contributed by atoms with Gasteiger partial charge in [0, 0.05) is 5.39 Å². The molecular formula is C17H18O4. The minimum absolute atomic E-state index is 0.126. The number of rotatable bonds is 2. The van der Waals surface area contributed by atoms with Gasteiger partial charge in [0.1, 0.15) is 11.5 Å². The lowest BCUT2D eigenvalue weighted by molar-refractivity contribution is -0.143. The molecule has 1 unspecified atom stereocenters. The monoisotopic (exact) mass is 286 g/mol. The van der Waals surface area contributed by atoms with Gasteiger partial charge in [0.05, 0.1) is 12.5 Å². The van der Waals surface area contributed by atoms with Crippen molar-refractivity contribution >= 4 is 16.7 Å². The molecule has 110 valence electrons. The fourth-order valence-electron chi connectivity index (χ4n) is 3.31. The van der Waals surface area contributed by atoms with Crippen molar-refractivity contribution in [3.8, 4) is 11.5 Å². The van der Waals surface area contributed by atoms with Gasteiger partial charge >= 0.3 is 5.97 Å². The summed E-state index contributed by atoms with van der Waals surface area (Å²) in [5, 5.41) is 21.5. The summed E-state index contributed by atoms with van der Waals surface area (Å²) >= 11 is 0. The predicted molar refractivity (Wildman–Crippen MR) is 80.1 cm³/mol. The molecule has 0 aliphatic heterocycles. The van der Waals surface area contributed by atoms with E-state index in [0.717, 1.165) is 34.7 Å². The Hall–Kier alpha value is -2.23. The van der Waals surface area contributed by atoms with Crippen molar-refractivity contribution in [2.24, 2.45) is 0 Å². The molecule has 0 aromatic heterocycles. The lowest BCUT2D eigenvalue weighted by atomic mass is 9.70. The molecule has 0 bridgehead atoms. The molecule has 1 aliphatic rings. The molecule has 0 spiro atoms. The Morgan fingerprint density at radius 1 is 1.29 bits per heavy atom. The third-order valence-electron chi connectivity index (χ3n) is 4.60. The molecule has 0 heterocycles. The first-order chi connectivity index (χ1) is 9.97. The van der Waals surface area contributed by atoms with Crippen LogP contribution in [0.1, 0.15) is 30.9 Å². The molecule has 4 nitrogen and oxygen atoms in total. The molecule has 3 rings (SSSR count). The van der Waals surface area contributed by atoms with E-state index in [4.69, 9.17) is 4.74 Å². The average Bonchev–Trinajstić information content (AvgIpc) is 2.48. The van der Waals surface area contributed by atoms with Gasteiger partial charge in [-0.3, -0.25) is 4.79 Å². The van der Waals surface area contributed by atoms with Crippen LogP contribution in [0.4, 0.5) is 0 Å². The number of carboxylic acid groups (broad SMARTS) is 1. The van der Waals surface area contributed by atoms with E-state index >= 15 is 0 Å². The number of ether oxygens (including phenoxy) is 1. The van der Waals surface area contributed by atoms with Crippen molar-refractivity contribution in [3.63, 3.8) is 0 Å². The number of hydrogen-bond acceptors (Lipinski definition) is 3. The molecule has 2 N–H and O–H groups in total. The van der Waals surface area contributed by atoms with Gasteiger partial charge in [-0.05, 0) is 67.0 Å². The number of benzene rings is 2. The van der Waals surface area contributed by atoms with E-state index in [1.807, 2.05) is 12.1 Å². The molecule has 0 saturated heterocycles. The predicted octanol–water partition coefficient (Wildman–Crippen LogP) is 3.23. The number of aliphatic carboxylic acids is 1. The standard InChI is InChI=1S/C17H18O4/c1-17(16(19)20)7-3-4-11-13-8-10(21-2)5-6-12(13)15(18)9-14(11)17/h5-6,8-9,18H,3-4,7H2,1-2H3,(H,19,20). The van der Waals surface area contributed by atoms with Crippen LogP contribution in [0.25, 0.3) is 10.8 Å². The van der Waals surface area contributed by atoms with E-state index in [2.05, 4.69) is 0 Å². The highest BCUT2D eigenvalue weighted by atomic mass is 16.5. The van der Waals surface area contributed by atoms with Gasteiger partial charge in [0.2, 0.25) is 0 Å². The maximum Gasteiger partial charge on any atom is 0.313 e. The zero-order valence-corrected chi connectivity index (χ0v) is 12.1. The minimum atomic E-state index is -0.942. The van der Waals surface area contributed by atoms with Crippen LogP contribution >= 0.6 is 0 Å². The summed E-state index contributed by atoms with van der Waals surface area (Å²) < 4.78 is 5.25. The van der Waals surface area contributed by atoms with Crippen LogP contribution in [-0.4, -0.2) is 23.3 Å². The Labute approximate surface area is 123 Å². The fraction of sp³-hybridized carbons (Fsp3) is 0.353. The smallest absolute Gasteiger partial charge is 0.313 e. The lowest BCUT2D eigenvalue weighted by Crippen LogP contribution is -2.36. The number of fused-ring (bicyclic) bond motifs is 3. The summed E-state index contributed by atoms with van der Waals surface area (Å²) in [6, 6.07) is 7.11. The zero-order chi connectivity index (χ0) is 15.2. The van der Waals surface area contributed by atoms with Gasteiger partial charge in [-0.15, -0.1) is 0 Å². The third-order valence-corrected chi connectivity index (χ3v) is 4.60. The van der Waals surface area contributed by atoms with Crippen LogP contribution in [0.2, 0.25) is 0 Å². The van der Waals surface area contributed by atoms with Gasteiger partial charge in [-0.2, -0.15) is 0 Å². The van der Waals surface area contributed by atoms with E-state index in [1.165, 1.54) is 0 Å². The van der Waals surface area contributed by atoms with Crippen molar-refractivity contribution in [2.75, 3.05) is 7.11 Å². The summed E-state index contributed by atoms with van der Waals surface area (Å²) in [5.74, 6) is -0.0104. The van der Waals surface area contributed by atoms with Crippen molar-refractivity contribution in [1.82, 2.24) is 0 Å². The number of hydrogen-bond donors (Lipinski definition) is 2. The maximum absolute atomic E-state index is 11.7. The van der Waals surface area contributed by atoms with Crippen LogP contribution in [0.5, 0.6) is 11.5 Å². The molecule has 2 aromatic carbocycles.